The van der Waals surface area contributed by atoms with Crippen LogP contribution in [-0.2, 0) is 6.18 Å². The standard InChI is InChI=1S/C9H3F5N2O/c10-8(11)5-1-4(2-15)6(3-17)16-7(5)9(12,13)14/h1,3,8H. The third-order valence-electron chi connectivity index (χ3n) is 1.82. The van der Waals surface area contributed by atoms with Crippen LogP contribution < -0.4 is 0 Å². The molecule has 0 aliphatic rings. The monoisotopic (exact) mass is 250 g/mol. The van der Waals surface area contributed by atoms with E-state index in [1.165, 1.54) is 6.07 Å². The number of hydrogen-bond acceptors (Lipinski definition) is 3. The third-order valence-corrected chi connectivity index (χ3v) is 1.82. The molecule has 1 rings (SSSR count). The highest BCUT2D eigenvalue weighted by Gasteiger charge is 2.38. The fourth-order valence-corrected chi connectivity index (χ4v) is 1.12. The molecule has 90 valence electrons. The van der Waals surface area contributed by atoms with Crippen molar-refractivity contribution in [3.63, 3.8) is 0 Å². The summed E-state index contributed by atoms with van der Waals surface area (Å²) in [5.41, 5.74) is -4.71. The van der Waals surface area contributed by atoms with Crippen molar-refractivity contribution >= 4 is 6.29 Å². The number of rotatable bonds is 2. The van der Waals surface area contributed by atoms with E-state index in [0.717, 1.165) is 0 Å². The zero-order chi connectivity index (χ0) is 13.2. The van der Waals surface area contributed by atoms with Crippen molar-refractivity contribution in [2.75, 3.05) is 0 Å². The molecule has 0 fully saturated rings. The maximum atomic E-state index is 12.4. The van der Waals surface area contributed by atoms with Gasteiger partial charge in [-0.15, -0.1) is 0 Å². The van der Waals surface area contributed by atoms with E-state index in [1.807, 2.05) is 0 Å². The van der Waals surface area contributed by atoms with Crippen molar-refractivity contribution in [3.05, 3.63) is 28.6 Å². The van der Waals surface area contributed by atoms with Crippen LogP contribution in [0.1, 0.15) is 33.7 Å². The zero-order valence-corrected chi connectivity index (χ0v) is 7.92. The van der Waals surface area contributed by atoms with Gasteiger partial charge in [-0.1, -0.05) is 0 Å². The van der Waals surface area contributed by atoms with Crippen LogP contribution in [0, 0.1) is 11.3 Å². The first kappa shape index (κ1) is 13.0. The van der Waals surface area contributed by atoms with Gasteiger partial charge in [0.25, 0.3) is 6.43 Å². The number of pyridine rings is 1. The molecule has 0 saturated carbocycles. The molecule has 0 aromatic carbocycles. The number of carbonyl (C=O) groups is 1. The fraction of sp³-hybridized carbons (Fsp3) is 0.222. The van der Waals surface area contributed by atoms with Gasteiger partial charge in [-0.2, -0.15) is 18.4 Å². The van der Waals surface area contributed by atoms with Crippen molar-refractivity contribution in [1.29, 1.82) is 5.26 Å². The van der Waals surface area contributed by atoms with E-state index in [0.29, 0.717) is 6.07 Å². The minimum absolute atomic E-state index is 0.0942. The predicted octanol–water partition coefficient (Wildman–Crippen LogP) is 2.72. The summed E-state index contributed by atoms with van der Waals surface area (Å²) in [6.45, 7) is 0. The molecule has 0 amide bonds. The number of nitrogens with zero attached hydrogens (tertiary/aromatic N) is 2. The molecule has 0 bridgehead atoms. The molecule has 8 heteroatoms. The second kappa shape index (κ2) is 4.45. The van der Waals surface area contributed by atoms with Gasteiger partial charge in [0.15, 0.2) is 12.0 Å². The smallest absolute Gasteiger partial charge is 0.296 e. The summed E-state index contributed by atoms with van der Waals surface area (Å²) in [5.74, 6) is 0. The highest BCUT2D eigenvalue weighted by Crippen LogP contribution is 2.35. The van der Waals surface area contributed by atoms with Gasteiger partial charge in [0.1, 0.15) is 11.8 Å². The average molecular weight is 250 g/mol. The maximum Gasteiger partial charge on any atom is 0.433 e. The van der Waals surface area contributed by atoms with Gasteiger partial charge in [-0.3, -0.25) is 4.79 Å². The van der Waals surface area contributed by atoms with Crippen LogP contribution in [0.2, 0.25) is 0 Å². The Labute approximate surface area is 91.5 Å². The summed E-state index contributed by atoms with van der Waals surface area (Å²) < 4.78 is 61.8. The molecule has 0 spiro atoms. The molecule has 0 radical (unpaired) electrons. The Hall–Kier alpha value is -2.04. The van der Waals surface area contributed by atoms with Crippen molar-refractivity contribution in [2.45, 2.75) is 12.6 Å². The lowest BCUT2D eigenvalue weighted by molar-refractivity contribution is -0.143. The summed E-state index contributed by atoms with van der Waals surface area (Å²) in [4.78, 5) is 13.1. The second-order valence-electron chi connectivity index (χ2n) is 2.89. The van der Waals surface area contributed by atoms with Crippen molar-refractivity contribution in [2.24, 2.45) is 0 Å². The largest absolute Gasteiger partial charge is 0.433 e. The van der Waals surface area contributed by atoms with Crippen LogP contribution in [0.15, 0.2) is 6.07 Å². The van der Waals surface area contributed by atoms with E-state index in [9.17, 15) is 26.7 Å². The first-order valence-corrected chi connectivity index (χ1v) is 4.06. The van der Waals surface area contributed by atoms with E-state index < -0.39 is 35.1 Å². The van der Waals surface area contributed by atoms with Crippen molar-refractivity contribution in [3.8, 4) is 6.07 Å². The van der Waals surface area contributed by atoms with Crippen LogP contribution in [0.4, 0.5) is 22.0 Å². The Kier molecular flexibility index (Phi) is 3.41. The SMILES string of the molecule is N#Cc1cc(C(F)F)c(C(F)(F)F)nc1C=O. The summed E-state index contributed by atoms with van der Waals surface area (Å²) >= 11 is 0. The van der Waals surface area contributed by atoms with Crippen LogP contribution in [0.3, 0.4) is 0 Å². The highest BCUT2D eigenvalue weighted by atomic mass is 19.4. The molecular weight excluding hydrogens is 247 g/mol. The van der Waals surface area contributed by atoms with Gasteiger partial charge >= 0.3 is 6.18 Å². The lowest BCUT2D eigenvalue weighted by Gasteiger charge is -2.12. The number of nitriles is 1. The first-order chi connectivity index (χ1) is 7.81. The minimum Gasteiger partial charge on any atom is -0.296 e. The van der Waals surface area contributed by atoms with Gasteiger partial charge in [-0.25, -0.2) is 13.8 Å². The van der Waals surface area contributed by atoms with Crippen LogP contribution in [0.25, 0.3) is 0 Å². The van der Waals surface area contributed by atoms with Crippen LogP contribution >= 0.6 is 0 Å². The van der Waals surface area contributed by atoms with Gasteiger partial charge in [0.2, 0.25) is 0 Å². The number of hydrogen-bond donors (Lipinski definition) is 0. The lowest BCUT2D eigenvalue weighted by atomic mass is 10.1. The quantitative estimate of drug-likeness (QED) is 0.599. The Balaban J connectivity index is 3.59. The van der Waals surface area contributed by atoms with E-state index in [-0.39, 0.29) is 6.29 Å². The predicted molar refractivity (Wildman–Crippen MR) is 44.3 cm³/mol. The first-order valence-electron chi connectivity index (χ1n) is 4.06. The van der Waals surface area contributed by atoms with E-state index in [2.05, 4.69) is 4.98 Å². The molecule has 0 unspecified atom stereocenters. The number of halogens is 5. The van der Waals surface area contributed by atoms with Gasteiger partial charge in [0, 0.05) is 5.56 Å². The molecule has 17 heavy (non-hydrogen) atoms. The molecule has 1 aromatic rings. The molecule has 0 atom stereocenters. The molecule has 0 aliphatic carbocycles. The highest BCUT2D eigenvalue weighted by molar-refractivity contribution is 5.76. The summed E-state index contributed by atoms with van der Waals surface area (Å²) in [5, 5.41) is 8.47. The van der Waals surface area contributed by atoms with E-state index >= 15 is 0 Å². The average Bonchev–Trinajstić information content (AvgIpc) is 2.25. The third kappa shape index (κ3) is 2.55. The second-order valence-corrected chi connectivity index (χ2v) is 2.89. The number of aldehydes is 1. The van der Waals surface area contributed by atoms with Crippen molar-refractivity contribution < 1.29 is 26.7 Å². The van der Waals surface area contributed by atoms with Crippen LogP contribution in [-0.4, -0.2) is 11.3 Å². The Bertz CT molecular complexity index is 489. The Morgan fingerprint density at radius 2 is 2.00 bits per heavy atom. The summed E-state index contributed by atoms with van der Waals surface area (Å²) in [7, 11) is 0. The zero-order valence-electron chi connectivity index (χ0n) is 7.92. The lowest BCUT2D eigenvalue weighted by Crippen LogP contribution is -2.15. The maximum absolute atomic E-state index is 12.4. The summed E-state index contributed by atoms with van der Waals surface area (Å²) in [6.07, 6.45) is -8.65. The van der Waals surface area contributed by atoms with Crippen molar-refractivity contribution in [1.82, 2.24) is 4.98 Å². The Morgan fingerprint density at radius 3 is 2.35 bits per heavy atom. The molecule has 1 heterocycles. The minimum atomic E-state index is -5.11. The van der Waals surface area contributed by atoms with Gasteiger partial charge in [-0.05, 0) is 6.07 Å². The van der Waals surface area contributed by atoms with E-state index in [1.54, 1.807) is 0 Å². The molecule has 0 saturated heterocycles. The summed E-state index contributed by atoms with van der Waals surface area (Å²) in [6, 6.07) is 1.65. The van der Waals surface area contributed by atoms with Gasteiger partial charge in [0.05, 0.1) is 5.56 Å². The normalized spacial score (nSPS) is 11.4. The molecule has 0 N–H and O–H groups in total. The molecule has 0 aliphatic heterocycles. The topological polar surface area (TPSA) is 53.8 Å². The fourth-order valence-electron chi connectivity index (χ4n) is 1.12. The number of aromatic nitrogens is 1. The number of carbonyl (C=O) groups excluding carboxylic acids is 1. The molecule has 3 nitrogen and oxygen atoms in total. The number of alkyl halides is 5. The molecular formula is C9H3F5N2O. The van der Waals surface area contributed by atoms with Crippen LogP contribution in [0.5, 0.6) is 0 Å². The molecule has 1 aromatic heterocycles. The van der Waals surface area contributed by atoms with E-state index in [4.69, 9.17) is 5.26 Å². The Morgan fingerprint density at radius 1 is 1.41 bits per heavy atom. The van der Waals surface area contributed by atoms with Gasteiger partial charge < -0.3 is 0 Å².